The summed E-state index contributed by atoms with van der Waals surface area (Å²) in [6.45, 7) is 2.14. The van der Waals surface area contributed by atoms with Gasteiger partial charge in [-0.1, -0.05) is 48.0 Å². The molecule has 0 bridgehead atoms. The normalized spacial score (nSPS) is 17.5. The van der Waals surface area contributed by atoms with Crippen LogP contribution in [0.5, 0.6) is 5.75 Å². The van der Waals surface area contributed by atoms with E-state index >= 15 is 0 Å². The van der Waals surface area contributed by atoms with E-state index in [0.29, 0.717) is 17.3 Å². The van der Waals surface area contributed by atoms with E-state index in [0.717, 1.165) is 11.1 Å². The molecular weight excluding hydrogens is 342 g/mol. The molecule has 1 amide bonds. The number of para-hydroxylation sites is 1. The molecule has 5 nitrogen and oxygen atoms in total. The molecule has 0 radical (unpaired) electrons. The van der Waals surface area contributed by atoms with Crippen molar-refractivity contribution in [3.8, 4) is 5.75 Å². The van der Waals surface area contributed by atoms with Crippen molar-refractivity contribution in [2.75, 3.05) is 6.54 Å². The van der Waals surface area contributed by atoms with E-state index in [-0.39, 0.29) is 12.5 Å². The van der Waals surface area contributed by atoms with Crippen molar-refractivity contribution in [2.24, 2.45) is 0 Å². The quantitative estimate of drug-likeness (QED) is 0.909. The summed E-state index contributed by atoms with van der Waals surface area (Å²) in [5.74, 6) is -1.51. The van der Waals surface area contributed by atoms with Gasteiger partial charge in [-0.15, -0.1) is 0 Å². The van der Waals surface area contributed by atoms with Crippen LogP contribution in [0.4, 0.5) is 0 Å². The molecule has 1 N–H and O–H groups in total. The summed E-state index contributed by atoms with van der Waals surface area (Å²) in [5.41, 5.74) is 1.61. The molecule has 3 rings (SSSR count). The first-order valence-electron chi connectivity index (χ1n) is 7.98. The molecule has 0 fully saturated rings. The number of aliphatic carboxylic acids is 1. The number of nitrogens with zero attached hydrogens (tertiary/aromatic N) is 1. The van der Waals surface area contributed by atoms with Crippen LogP contribution in [-0.4, -0.2) is 34.5 Å². The van der Waals surface area contributed by atoms with Gasteiger partial charge in [-0.25, -0.2) is 0 Å². The molecule has 0 aromatic heterocycles. The number of ether oxygens (including phenoxy) is 1. The third kappa shape index (κ3) is 3.61. The highest BCUT2D eigenvalue weighted by molar-refractivity contribution is 6.32. The highest BCUT2D eigenvalue weighted by atomic mass is 35.5. The van der Waals surface area contributed by atoms with Crippen LogP contribution in [0, 0.1) is 0 Å². The summed E-state index contributed by atoms with van der Waals surface area (Å²) >= 11 is 6.06. The van der Waals surface area contributed by atoms with Crippen molar-refractivity contribution in [3.63, 3.8) is 0 Å². The smallest absolute Gasteiger partial charge is 0.312 e. The Hall–Kier alpha value is -2.53. The zero-order valence-corrected chi connectivity index (χ0v) is 14.4. The Balaban J connectivity index is 1.78. The van der Waals surface area contributed by atoms with E-state index in [1.165, 1.54) is 4.90 Å². The molecule has 1 heterocycles. The summed E-state index contributed by atoms with van der Waals surface area (Å²) in [5, 5.41) is 9.93. The Labute approximate surface area is 150 Å². The monoisotopic (exact) mass is 359 g/mol. The molecule has 6 heteroatoms. The summed E-state index contributed by atoms with van der Waals surface area (Å²) in [4.78, 5) is 25.9. The number of amides is 1. The number of benzene rings is 2. The van der Waals surface area contributed by atoms with Gasteiger partial charge in [0.05, 0.1) is 10.9 Å². The molecule has 2 atom stereocenters. The highest BCUT2D eigenvalue weighted by Crippen LogP contribution is 2.30. The number of carbonyl (C=O) groups is 2. The minimum absolute atomic E-state index is 0.126. The van der Waals surface area contributed by atoms with Crippen molar-refractivity contribution in [1.82, 2.24) is 4.90 Å². The summed E-state index contributed by atoms with van der Waals surface area (Å²) < 4.78 is 5.67. The molecule has 0 saturated carbocycles. The Kier molecular flexibility index (Phi) is 4.95. The number of carboxylic acid groups (broad SMARTS) is 1. The van der Waals surface area contributed by atoms with E-state index in [1.54, 1.807) is 37.3 Å². The maximum atomic E-state index is 12.8. The van der Waals surface area contributed by atoms with Crippen LogP contribution < -0.4 is 4.74 Å². The van der Waals surface area contributed by atoms with Gasteiger partial charge in [-0.05, 0) is 30.2 Å². The van der Waals surface area contributed by atoms with Gasteiger partial charge in [0.15, 0.2) is 6.10 Å². The number of hydrogen-bond donors (Lipinski definition) is 1. The number of carboxylic acids is 1. The molecule has 1 aliphatic rings. The Morgan fingerprint density at radius 2 is 1.88 bits per heavy atom. The molecule has 0 saturated heterocycles. The lowest BCUT2D eigenvalue weighted by molar-refractivity contribution is -0.143. The first-order chi connectivity index (χ1) is 12.0. The van der Waals surface area contributed by atoms with Crippen LogP contribution >= 0.6 is 11.6 Å². The van der Waals surface area contributed by atoms with Gasteiger partial charge in [0.25, 0.3) is 5.91 Å². The molecule has 130 valence electrons. The van der Waals surface area contributed by atoms with Crippen LogP contribution in [0.3, 0.4) is 0 Å². The van der Waals surface area contributed by atoms with Crippen molar-refractivity contribution >= 4 is 23.5 Å². The predicted octanol–water partition coefficient (Wildman–Crippen LogP) is 3.32. The van der Waals surface area contributed by atoms with Crippen LogP contribution in [0.2, 0.25) is 5.02 Å². The van der Waals surface area contributed by atoms with Gasteiger partial charge in [0.2, 0.25) is 0 Å². The standard InChI is InChI=1S/C19H18ClNO4/c1-12(25-17-9-5-4-8-16(17)20)18(22)21-10-13-6-2-3-7-14(13)15(11-21)19(23)24/h2-9,12,15H,10-11H2,1H3,(H,23,24). The molecule has 0 aliphatic carbocycles. The molecule has 1 aliphatic heterocycles. The van der Waals surface area contributed by atoms with E-state index < -0.39 is 18.0 Å². The fourth-order valence-corrected chi connectivity index (χ4v) is 3.20. The van der Waals surface area contributed by atoms with Gasteiger partial charge >= 0.3 is 5.97 Å². The molecule has 2 unspecified atom stereocenters. The van der Waals surface area contributed by atoms with E-state index in [1.807, 2.05) is 18.2 Å². The largest absolute Gasteiger partial charge is 0.481 e. The van der Waals surface area contributed by atoms with Crippen molar-refractivity contribution < 1.29 is 19.4 Å². The zero-order valence-electron chi connectivity index (χ0n) is 13.7. The lowest BCUT2D eigenvalue weighted by Crippen LogP contribution is -2.45. The number of carbonyl (C=O) groups excluding carboxylic acids is 1. The minimum atomic E-state index is -0.940. The summed E-state index contributed by atoms with van der Waals surface area (Å²) in [6.07, 6.45) is -0.764. The van der Waals surface area contributed by atoms with Crippen LogP contribution in [0.1, 0.15) is 24.0 Å². The second-order valence-corrected chi connectivity index (χ2v) is 6.41. The fraction of sp³-hybridized carbons (Fsp3) is 0.263. The van der Waals surface area contributed by atoms with Gasteiger partial charge < -0.3 is 14.7 Å². The fourth-order valence-electron chi connectivity index (χ4n) is 3.02. The third-order valence-corrected chi connectivity index (χ3v) is 4.60. The average Bonchev–Trinajstić information content (AvgIpc) is 2.61. The first kappa shape index (κ1) is 17.3. The van der Waals surface area contributed by atoms with E-state index in [2.05, 4.69) is 0 Å². The predicted molar refractivity (Wildman–Crippen MR) is 93.8 cm³/mol. The second-order valence-electron chi connectivity index (χ2n) is 6.00. The van der Waals surface area contributed by atoms with Gasteiger partial charge in [-0.2, -0.15) is 0 Å². The van der Waals surface area contributed by atoms with Crippen LogP contribution in [0.25, 0.3) is 0 Å². The minimum Gasteiger partial charge on any atom is -0.481 e. The molecule has 0 spiro atoms. The Morgan fingerprint density at radius 1 is 1.20 bits per heavy atom. The Bertz CT molecular complexity index is 808. The van der Waals surface area contributed by atoms with Crippen molar-refractivity contribution in [3.05, 3.63) is 64.7 Å². The Morgan fingerprint density at radius 3 is 2.60 bits per heavy atom. The molecule has 2 aromatic rings. The van der Waals surface area contributed by atoms with E-state index in [4.69, 9.17) is 16.3 Å². The summed E-state index contributed by atoms with van der Waals surface area (Å²) in [7, 11) is 0. The number of fused-ring (bicyclic) bond motifs is 1. The second kappa shape index (κ2) is 7.15. The van der Waals surface area contributed by atoms with Crippen molar-refractivity contribution in [2.45, 2.75) is 25.5 Å². The molecule has 25 heavy (non-hydrogen) atoms. The van der Waals surface area contributed by atoms with Crippen molar-refractivity contribution in [1.29, 1.82) is 0 Å². The SMILES string of the molecule is CC(Oc1ccccc1Cl)C(=O)N1Cc2ccccc2C(C(=O)O)C1. The molecule has 2 aromatic carbocycles. The van der Waals surface area contributed by atoms with Gasteiger partial charge in [0, 0.05) is 13.1 Å². The van der Waals surface area contributed by atoms with E-state index in [9.17, 15) is 14.7 Å². The lowest BCUT2D eigenvalue weighted by Gasteiger charge is -2.34. The number of hydrogen-bond acceptors (Lipinski definition) is 3. The summed E-state index contributed by atoms with van der Waals surface area (Å²) in [6, 6.07) is 14.2. The maximum absolute atomic E-state index is 12.8. The van der Waals surface area contributed by atoms with Gasteiger partial charge in [0.1, 0.15) is 5.75 Å². The maximum Gasteiger partial charge on any atom is 0.312 e. The molecular formula is C19H18ClNO4. The lowest BCUT2D eigenvalue weighted by atomic mass is 9.89. The number of halogens is 1. The van der Waals surface area contributed by atoms with Crippen LogP contribution in [-0.2, 0) is 16.1 Å². The number of rotatable bonds is 4. The van der Waals surface area contributed by atoms with Gasteiger partial charge in [-0.3, -0.25) is 9.59 Å². The average molecular weight is 360 g/mol. The zero-order chi connectivity index (χ0) is 18.0. The third-order valence-electron chi connectivity index (χ3n) is 4.29. The topological polar surface area (TPSA) is 66.8 Å². The highest BCUT2D eigenvalue weighted by Gasteiger charge is 2.34. The van der Waals surface area contributed by atoms with Crippen LogP contribution in [0.15, 0.2) is 48.5 Å². The first-order valence-corrected chi connectivity index (χ1v) is 8.35.